The van der Waals surface area contributed by atoms with Crippen molar-refractivity contribution in [2.24, 2.45) is 5.73 Å². The Hall–Kier alpha value is -2.15. The monoisotopic (exact) mass is 308 g/mol. The van der Waals surface area contributed by atoms with Crippen LogP contribution in [0.25, 0.3) is 6.08 Å². The van der Waals surface area contributed by atoms with Gasteiger partial charge in [-0.1, -0.05) is 0 Å². The molecule has 21 heavy (non-hydrogen) atoms. The summed E-state index contributed by atoms with van der Waals surface area (Å²) in [6.07, 6.45) is 4.79. The van der Waals surface area contributed by atoms with Gasteiger partial charge in [0.05, 0.1) is 4.88 Å². The Kier molecular flexibility index (Phi) is 4.74. The van der Waals surface area contributed by atoms with E-state index in [9.17, 15) is 14.4 Å². The number of hydrogen-bond acceptors (Lipinski definition) is 4. The van der Waals surface area contributed by atoms with Gasteiger partial charge in [-0.15, -0.1) is 11.3 Å². The zero-order chi connectivity index (χ0) is 15.4. The number of thiophene rings is 1. The van der Waals surface area contributed by atoms with E-state index >= 15 is 0 Å². The lowest BCUT2D eigenvalue weighted by Crippen LogP contribution is -2.50. The molecular weight excluding hydrogens is 292 g/mol. The van der Waals surface area contributed by atoms with Crippen LogP contribution < -0.4 is 5.73 Å². The summed E-state index contributed by atoms with van der Waals surface area (Å²) in [7, 11) is 0. The molecule has 0 bridgehead atoms. The molecule has 1 saturated heterocycles. The number of rotatable bonds is 4. The zero-order valence-electron chi connectivity index (χ0n) is 11.3. The van der Waals surface area contributed by atoms with E-state index < -0.39 is 17.9 Å². The van der Waals surface area contributed by atoms with Crippen LogP contribution in [-0.2, 0) is 9.59 Å². The van der Waals surface area contributed by atoms with Crippen LogP contribution in [0, 0.1) is 0 Å². The minimum Gasteiger partial charge on any atom is -0.478 e. The van der Waals surface area contributed by atoms with Crippen molar-refractivity contribution in [3.8, 4) is 0 Å². The van der Waals surface area contributed by atoms with Crippen LogP contribution in [0.3, 0.4) is 0 Å². The number of carboxylic acid groups (broad SMARTS) is 1. The second-order valence-corrected chi connectivity index (χ2v) is 5.90. The molecule has 1 atom stereocenters. The van der Waals surface area contributed by atoms with E-state index in [1.807, 2.05) is 0 Å². The van der Waals surface area contributed by atoms with Gasteiger partial charge in [0.15, 0.2) is 0 Å². The molecule has 0 aromatic carbocycles. The van der Waals surface area contributed by atoms with Crippen molar-refractivity contribution < 1.29 is 19.5 Å². The maximum Gasteiger partial charge on any atom is 0.328 e. The summed E-state index contributed by atoms with van der Waals surface area (Å²) in [5, 5.41) is 8.58. The molecule has 2 rings (SSSR count). The number of nitrogens with two attached hydrogens (primary N) is 1. The Morgan fingerprint density at radius 1 is 1.33 bits per heavy atom. The van der Waals surface area contributed by atoms with Crippen LogP contribution in [0.5, 0.6) is 0 Å². The number of hydrogen-bond donors (Lipinski definition) is 2. The third-order valence-electron chi connectivity index (χ3n) is 3.32. The maximum atomic E-state index is 12.5. The van der Waals surface area contributed by atoms with Gasteiger partial charge in [0.2, 0.25) is 5.91 Å². The van der Waals surface area contributed by atoms with Crippen molar-refractivity contribution in [3.63, 3.8) is 0 Å². The summed E-state index contributed by atoms with van der Waals surface area (Å²) in [6.45, 7) is 0.518. The number of carbonyl (C=O) groups excluding carboxylic acids is 2. The third-order valence-corrected chi connectivity index (χ3v) is 4.36. The Morgan fingerprint density at radius 2 is 2.10 bits per heavy atom. The van der Waals surface area contributed by atoms with Crippen molar-refractivity contribution in [1.82, 2.24) is 4.90 Å². The number of likely N-dealkylation sites (tertiary alicyclic amines) is 1. The molecule has 1 aliphatic rings. The summed E-state index contributed by atoms with van der Waals surface area (Å²) in [5.74, 6) is -1.75. The van der Waals surface area contributed by atoms with Crippen molar-refractivity contribution in [1.29, 1.82) is 0 Å². The summed E-state index contributed by atoms with van der Waals surface area (Å²) in [6, 6.07) is 2.77. The Balaban J connectivity index is 2.15. The average Bonchev–Trinajstić information content (AvgIpc) is 2.93. The van der Waals surface area contributed by atoms with Crippen LogP contribution in [0.15, 0.2) is 18.2 Å². The first-order valence-corrected chi connectivity index (χ1v) is 7.42. The quantitative estimate of drug-likeness (QED) is 0.819. The molecule has 1 unspecified atom stereocenters. The fraction of sp³-hybridized carbons (Fsp3) is 0.357. The standard InChI is InChI=1S/C14H16N2O4S/c15-13(19)10-3-1-2-8-16(10)14(20)11-6-4-9(21-11)5-7-12(17)18/h4-7,10H,1-3,8H2,(H2,15,19)(H,17,18). The molecule has 2 heterocycles. The van der Waals surface area contributed by atoms with Gasteiger partial charge < -0.3 is 15.7 Å². The van der Waals surface area contributed by atoms with E-state index in [2.05, 4.69) is 0 Å². The van der Waals surface area contributed by atoms with Crippen LogP contribution in [0.1, 0.15) is 33.8 Å². The number of primary amides is 1. The lowest BCUT2D eigenvalue weighted by molar-refractivity contribution is -0.131. The molecule has 3 N–H and O–H groups in total. The van der Waals surface area contributed by atoms with Gasteiger partial charge >= 0.3 is 5.97 Å². The highest BCUT2D eigenvalue weighted by Gasteiger charge is 2.31. The van der Waals surface area contributed by atoms with Crippen molar-refractivity contribution in [2.75, 3.05) is 6.54 Å². The number of amides is 2. The molecule has 1 aromatic heterocycles. The second-order valence-electron chi connectivity index (χ2n) is 4.79. The van der Waals surface area contributed by atoms with Gasteiger partial charge in [0.25, 0.3) is 5.91 Å². The fourth-order valence-corrected chi connectivity index (χ4v) is 3.19. The average molecular weight is 308 g/mol. The minimum atomic E-state index is -1.04. The number of carbonyl (C=O) groups is 3. The second kappa shape index (κ2) is 6.53. The Labute approximate surface area is 125 Å². The highest BCUT2D eigenvalue weighted by atomic mass is 32.1. The molecule has 0 aliphatic carbocycles. The van der Waals surface area contributed by atoms with Gasteiger partial charge in [0.1, 0.15) is 6.04 Å². The molecule has 0 spiro atoms. The van der Waals surface area contributed by atoms with E-state index in [1.54, 1.807) is 12.1 Å². The van der Waals surface area contributed by atoms with Crippen LogP contribution in [0.4, 0.5) is 0 Å². The number of carboxylic acids is 1. The summed E-state index contributed by atoms with van der Waals surface area (Å²) in [5.41, 5.74) is 5.35. The molecule has 6 nitrogen and oxygen atoms in total. The zero-order valence-corrected chi connectivity index (χ0v) is 12.1. The third kappa shape index (κ3) is 3.69. The highest BCUT2D eigenvalue weighted by molar-refractivity contribution is 7.14. The molecule has 2 amide bonds. The summed E-state index contributed by atoms with van der Waals surface area (Å²) < 4.78 is 0. The molecule has 112 valence electrons. The number of piperidine rings is 1. The van der Waals surface area contributed by atoms with Crippen molar-refractivity contribution >= 4 is 35.2 Å². The normalized spacial score (nSPS) is 18.9. The van der Waals surface area contributed by atoms with E-state index in [0.717, 1.165) is 18.9 Å². The van der Waals surface area contributed by atoms with Gasteiger partial charge in [-0.25, -0.2) is 4.79 Å². The van der Waals surface area contributed by atoms with E-state index in [1.165, 1.54) is 22.3 Å². The van der Waals surface area contributed by atoms with Crippen molar-refractivity contribution in [2.45, 2.75) is 25.3 Å². The SMILES string of the molecule is NC(=O)C1CCCCN1C(=O)c1ccc(C=CC(=O)O)s1. The Morgan fingerprint density at radius 3 is 2.76 bits per heavy atom. The molecule has 1 aliphatic heterocycles. The number of aliphatic carboxylic acids is 1. The van der Waals surface area contributed by atoms with Crippen molar-refractivity contribution in [3.05, 3.63) is 28.0 Å². The largest absolute Gasteiger partial charge is 0.478 e. The molecule has 7 heteroatoms. The van der Waals surface area contributed by atoms with Gasteiger partial charge in [-0.2, -0.15) is 0 Å². The van der Waals surface area contributed by atoms with Crippen LogP contribution >= 0.6 is 11.3 Å². The van der Waals surface area contributed by atoms with E-state index in [4.69, 9.17) is 10.8 Å². The predicted molar refractivity (Wildman–Crippen MR) is 78.9 cm³/mol. The van der Waals surface area contributed by atoms with Crippen LogP contribution in [0.2, 0.25) is 0 Å². The Bertz CT molecular complexity index is 594. The van der Waals surface area contributed by atoms with Crippen LogP contribution in [-0.4, -0.2) is 40.4 Å². The molecule has 0 saturated carbocycles. The minimum absolute atomic E-state index is 0.224. The molecule has 0 radical (unpaired) electrons. The highest BCUT2D eigenvalue weighted by Crippen LogP contribution is 2.24. The maximum absolute atomic E-state index is 12.5. The first kappa shape index (κ1) is 15.2. The summed E-state index contributed by atoms with van der Waals surface area (Å²) >= 11 is 1.20. The van der Waals surface area contributed by atoms with Gasteiger partial charge in [0, 0.05) is 17.5 Å². The van der Waals surface area contributed by atoms with Gasteiger partial charge in [-0.05, 0) is 37.5 Å². The van der Waals surface area contributed by atoms with Gasteiger partial charge in [-0.3, -0.25) is 9.59 Å². The first-order chi connectivity index (χ1) is 9.99. The number of nitrogens with zero attached hydrogens (tertiary/aromatic N) is 1. The molecule has 1 fully saturated rings. The smallest absolute Gasteiger partial charge is 0.328 e. The lowest BCUT2D eigenvalue weighted by Gasteiger charge is -2.33. The summed E-state index contributed by atoms with van der Waals surface area (Å²) in [4.78, 5) is 37.0. The van der Waals surface area contributed by atoms with E-state index in [0.29, 0.717) is 22.7 Å². The predicted octanol–water partition coefficient (Wildman–Crippen LogP) is 1.33. The lowest BCUT2D eigenvalue weighted by atomic mass is 10.0. The van der Waals surface area contributed by atoms with E-state index in [-0.39, 0.29) is 5.91 Å². The molecule has 1 aromatic rings. The fourth-order valence-electron chi connectivity index (χ4n) is 2.32. The topological polar surface area (TPSA) is 101 Å². The molecular formula is C14H16N2O4S. The first-order valence-electron chi connectivity index (χ1n) is 6.60.